The van der Waals surface area contributed by atoms with Gasteiger partial charge in [0.1, 0.15) is 4.99 Å². The van der Waals surface area contributed by atoms with Crippen LogP contribution in [0.5, 0.6) is 0 Å². The minimum Gasteiger partial charge on any atom is -0.389 e. The Kier molecular flexibility index (Phi) is 5.06. The molecule has 0 saturated carbocycles. The summed E-state index contributed by atoms with van der Waals surface area (Å²) >= 11 is 4.88. The van der Waals surface area contributed by atoms with E-state index in [1.54, 1.807) is 0 Å². The predicted molar refractivity (Wildman–Crippen MR) is 84.2 cm³/mol. The van der Waals surface area contributed by atoms with Crippen LogP contribution in [-0.2, 0) is 4.79 Å². The van der Waals surface area contributed by atoms with Gasteiger partial charge < -0.3 is 11.1 Å². The monoisotopic (exact) mass is 278 g/mol. The van der Waals surface area contributed by atoms with Crippen molar-refractivity contribution in [2.24, 2.45) is 17.1 Å². The Labute approximate surface area is 120 Å². The Morgan fingerprint density at radius 2 is 1.84 bits per heavy atom. The maximum Gasteiger partial charge on any atom is 0.224 e. The molecule has 0 spiro atoms. The molecule has 0 fully saturated rings. The Bertz CT molecular complexity index is 460. The molecule has 0 bridgehead atoms. The summed E-state index contributed by atoms with van der Waals surface area (Å²) < 4.78 is 0. The third-order valence-electron chi connectivity index (χ3n) is 3.42. The van der Waals surface area contributed by atoms with Crippen LogP contribution in [0.4, 0.5) is 5.69 Å². The minimum absolute atomic E-state index is 0.0329. The van der Waals surface area contributed by atoms with Crippen molar-refractivity contribution < 1.29 is 4.79 Å². The zero-order chi connectivity index (χ0) is 14.6. The van der Waals surface area contributed by atoms with Crippen molar-refractivity contribution in [3.8, 4) is 0 Å². The van der Waals surface area contributed by atoms with Crippen molar-refractivity contribution in [2.75, 3.05) is 5.32 Å². The van der Waals surface area contributed by atoms with Crippen LogP contribution < -0.4 is 11.1 Å². The largest absolute Gasteiger partial charge is 0.389 e. The highest BCUT2D eigenvalue weighted by molar-refractivity contribution is 7.80. The number of amides is 1. The highest BCUT2D eigenvalue weighted by Crippen LogP contribution is 2.28. The molecule has 0 aliphatic heterocycles. The number of carbonyl (C=O) groups is 1. The van der Waals surface area contributed by atoms with Gasteiger partial charge in [0.15, 0.2) is 0 Å². The lowest BCUT2D eigenvalue weighted by Gasteiger charge is -2.26. The average molecular weight is 278 g/mol. The fourth-order valence-electron chi connectivity index (χ4n) is 1.51. The van der Waals surface area contributed by atoms with Crippen LogP contribution in [0.15, 0.2) is 24.3 Å². The molecule has 1 aromatic rings. The molecule has 0 aromatic heterocycles. The molecule has 0 radical (unpaired) electrons. The molecular weight excluding hydrogens is 256 g/mol. The fraction of sp³-hybridized carbons (Fsp3) is 0.467. The van der Waals surface area contributed by atoms with Gasteiger partial charge in [-0.2, -0.15) is 0 Å². The second-order valence-electron chi connectivity index (χ2n) is 5.96. The van der Waals surface area contributed by atoms with Gasteiger partial charge in [-0.1, -0.05) is 39.9 Å². The van der Waals surface area contributed by atoms with Crippen LogP contribution in [0.25, 0.3) is 0 Å². The number of nitrogens with two attached hydrogens (primary N) is 1. The first-order valence-corrected chi connectivity index (χ1v) is 6.80. The molecule has 3 nitrogen and oxygen atoms in total. The first kappa shape index (κ1) is 15.6. The van der Waals surface area contributed by atoms with Crippen molar-refractivity contribution in [1.82, 2.24) is 0 Å². The van der Waals surface area contributed by atoms with E-state index in [1.165, 1.54) is 0 Å². The number of hydrogen-bond donors (Lipinski definition) is 2. The Morgan fingerprint density at radius 3 is 2.26 bits per heavy atom. The smallest absolute Gasteiger partial charge is 0.224 e. The Balaban J connectivity index is 2.60. The standard InChI is InChI=1S/C15H22N2OS/c1-10(15(2,3)4)9-13(18)17-12-7-5-11(6-8-12)14(16)19/h5-8,10H,9H2,1-4H3,(H2,16,19)(H,17,18). The van der Waals surface area contributed by atoms with Gasteiger partial charge in [-0.3, -0.25) is 4.79 Å². The molecule has 0 aliphatic rings. The fourth-order valence-corrected chi connectivity index (χ4v) is 1.65. The van der Waals surface area contributed by atoms with E-state index in [-0.39, 0.29) is 11.3 Å². The number of carbonyl (C=O) groups excluding carboxylic acids is 1. The van der Waals surface area contributed by atoms with Gasteiger partial charge in [0.05, 0.1) is 0 Å². The summed E-state index contributed by atoms with van der Waals surface area (Å²) in [5, 5.41) is 2.89. The van der Waals surface area contributed by atoms with Crippen molar-refractivity contribution in [1.29, 1.82) is 0 Å². The summed E-state index contributed by atoms with van der Waals surface area (Å²) in [6.45, 7) is 8.52. The molecule has 1 atom stereocenters. The van der Waals surface area contributed by atoms with Crippen molar-refractivity contribution in [3.63, 3.8) is 0 Å². The van der Waals surface area contributed by atoms with Gasteiger partial charge in [0.25, 0.3) is 0 Å². The second kappa shape index (κ2) is 6.15. The Morgan fingerprint density at radius 1 is 1.32 bits per heavy atom. The van der Waals surface area contributed by atoms with Crippen LogP contribution in [0.3, 0.4) is 0 Å². The predicted octanol–water partition coefficient (Wildman–Crippen LogP) is 3.33. The maximum atomic E-state index is 11.9. The van der Waals surface area contributed by atoms with Crippen molar-refractivity contribution in [3.05, 3.63) is 29.8 Å². The summed E-state index contributed by atoms with van der Waals surface area (Å²) in [7, 11) is 0. The lowest BCUT2D eigenvalue weighted by molar-refractivity contribution is -0.117. The summed E-state index contributed by atoms with van der Waals surface area (Å²) in [4.78, 5) is 12.3. The van der Waals surface area contributed by atoms with E-state index in [9.17, 15) is 4.79 Å². The van der Waals surface area contributed by atoms with Gasteiger partial charge >= 0.3 is 0 Å². The van der Waals surface area contributed by atoms with E-state index in [1.807, 2.05) is 24.3 Å². The third kappa shape index (κ3) is 4.99. The molecule has 19 heavy (non-hydrogen) atoms. The molecule has 1 aromatic carbocycles. The van der Waals surface area contributed by atoms with Crippen LogP contribution >= 0.6 is 12.2 Å². The van der Waals surface area contributed by atoms with Gasteiger partial charge in [0, 0.05) is 17.7 Å². The van der Waals surface area contributed by atoms with Crippen molar-refractivity contribution >= 4 is 28.8 Å². The van der Waals surface area contributed by atoms with E-state index in [4.69, 9.17) is 18.0 Å². The first-order chi connectivity index (χ1) is 8.70. The van der Waals surface area contributed by atoms with Crippen LogP contribution in [0, 0.1) is 11.3 Å². The van der Waals surface area contributed by atoms with Crippen molar-refractivity contribution in [2.45, 2.75) is 34.1 Å². The topological polar surface area (TPSA) is 55.1 Å². The minimum atomic E-state index is 0.0329. The highest BCUT2D eigenvalue weighted by atomic mass is 32.1. The van der Waals surface area contributed by atoms with Crippen LogP contribution in [0.2, 0.25) is 0 Å². The molecular formula is C15H22N2OS. The van der Waals surface area contributed by atoms with Crippen LogP contribution in [0.1, 0.15) is 39.7 Å². The van der Waals surface area contributed by atoms with E-state index >= 15 is 0 Å². The van der Waals surface area contributed by atoms with E-state index in [0.29, 0.717) is 17.3 Å². The molecule has 1 unspecified atom stereocenters. The zero-order valence-corrected chi connectivity index (χ0v) is 12.8. The summed E-state index contributed by atoms with van der Waals surface area (Å²) in [6.07, 6.45) is 0.514. The maximum absolute atomic E-state index is 11.9. The SMILES string of the molecule is CC(CC(=O)Nc1ccc(C(N)=S)cc1)C(C)(C)C. The summed E-state index contributed by atoms with van der Waals surface area (Å²) in [5.41, 5.74) is 7.23. The molecule has 1 amide bonds. The summed E-state index contributed by atoms with van der Waals surface area (Å²) in [6, 6.07) is 7.25. The summed E-state index contributed by atoms with van der Waals surface area (Å²) in [5.74, 6) is 0.355. The Hall–Kier alpha value is -1.42. The molecule has 4 heteroatoms. The second-order valence-corrected chi connectivity index (χ2v) is 6.40. The third-order valence-corrected chi connectivity index (χ3v) is 3.66. The average Bonchev–Trinajstić information content (AvgIpc) is 2.28. The van der Waals surface area contributed by atoms with Crippen LogP contribution in [-0.4, -0.2) is 10.9 Å². The molecule has 3 N–H and O–H groups in total. The quantitative estimate of drug-likeness (QED) is 0.831. The number of rotatable bonds is 4. The van der Waals surface area contributed by atoms with Gasteiger partial charge in [-0.05, 0) is 35.6 Å². The van der Waals surface area contributed by atoms with E-state index < -0.39 is 0 Å². The molecule has 104 valence electrons. The van der Waals surface area contributed by atoms with Gasteiger partial charge in [0.2, 0.25) is 5.91 Å². The zero-order valence-electron chi connectivity index (χ0n) is 12.0. The number of nitrogens with one attached hydrogen (secondary N) is 1. The molecule has 0 aliphatic carbocycles. The molecule has 1 rings (SSSR count). The van der Waals surface area contributed by atoms with Gasteiger partial charge in [-0.25, -0.2) is 0 Å². The lowest BCUT2D eigenvalue weighted by Crippen LogP contribution is -2.23. The first-order valence-electron chi connectivity index (χ1n) is 6.40. The number of thiocarbonyl (C=S) groups is 1. The normalized spacial score (nSPS) is 12.8. The van der Waals surface area contributed by atoms with E-state index in [2.05, 4.69) is 33.0 Å². The number of anilines is 1. The molecule has 0 saturated heterocycles. The van der Waals surface area contributed by atoms with E-state index in [0.717, 1.165) is 11.3 Å². The molecule has 0 heterocycles. The lowest BCUT2D eigenvalue weighted by atomic mass is 9.80. The number of hydrogen-bond acceptors (Lipinski definition) is 2. The highest BCUT2D eigenvalue weighted by Gasteiger charge is 2.22. The van der Waals surface area contributed by atoms with Gasteiger partial charge in [-0.15, -0.1) is 0 Å². The number of benzene rings is 1.